The zero-order chi connectivity index (χ0) is 26.5. The van der Waals surface area contributed by atoms with Crippen molar-refractivity contribution < 1.29 is 31.4 Å². The number of aromatic nitrogens is 3. The van der Waals surface area contributed by atoms with E-state index in [1.165, 1.54) is 41.0 Å². The molecule has 0 aliphatic rings. The van der Waals surface area contributed by atoms with E-state index in [1.54, 1.807) is 26.1 Å². The van der Waals surface area contributed by atoms with Crippen molar-refractivity contribution in [2.24, 2.45) is 0 Å². The molecule has 15 heteroatoms. The van der Waals surface area contributed by atoms with Crippen LogP contribution >= 0.6 is 7.60 Å². The van der Waals surface area contributed by atoms with E-state index in [0.29, 0.717) is 23.3 Å². The number of nitrogens with one attached hydrogen (secondary N) is 2. The van der Waals surface area contributed by atoms with Crippen LogP contribution in [0.2, 0.25) is 0 Å². The Hall–Kier alpha value is -3.06. The summed E-state index contributed by atoms with van der Waals surface area (Å²) in [6, 6.07) is 8.89. The quantitative estimate of drug-likeness (QED) is 0.326. The van der Waals surface area contributed by atoms with E-state index in [9.17, 15) is 26.8 Å². The van der Waals surface area contributed by atoms with Crippen molar-refractivity contribution in [1.82, 2.24) is 15.0 Å². The van der Waals surface area contributed by atoms with Crippen LogP contribution in [0.3, 0.4) is 0 Å². The van der Waals surface area contributed by atoms with E-state index in [0.717, 1.165) is 0 Å². The van der Waals surface area contributed by atoms with E-state index in [-0.39, 0.29) is 24.4 Å². The summed E-state index contributed by atoms with van der Waals surface area (Å²) in [5.41, 5.74) is -0.184. The van der Waals surface area contributed by atoms with Crippen LogP contribution in [0.15, 0.2) is 48.8 Å². The number of rotatable bonds is 10. The number of nitrogens with zero attached hydrogens (tertiary/aromatic N) is 4. The van der Waals surface area contributed by atoms with E-state index in [1.807, 2.05) is 0 Å². The Balaban J connectivity index is 1.85. The number of alkyl halides is 3. The molecule has 0 aliphatic heterocycles. The second-order valence-corrected chi connectivity index (χ2v) is 10.5. The van der Waals surface area contributed by atoms with Crippen LogP contribution in [0.4, 0.5) is 36.4 Å². The molecule has 1 aromatic carbocycles. The first-order valence-electron chi connectivity index (χ1n) is 10.5. The fourth-order valence-electron chi connectivity index (χ4n) is 3.05. The zero-order valence-corrected chi connectivity index (χ0v) is 21.2. The van der Waals surface area contributed by atoms with Crippen molar-refractivity contribution in [3.05, 3.63) is 59.9 Å². The number of anilines is 4. The van der Waals surface area contributed by atoms with Gasteiger partial charge in [-0.2, -0.15) is 18.2 Å². The van der Waals surface area contributed by atoms with Gasteiger partial charge >= 0.3 is 13.8 Å². The number of halogens is 3. The highest BCUT2D eigenvalue weighted by Gasteiger charge is 2.35. The van der Waals surface area contributed by atoms with Crippen molar-refractivity contribution in [3.8, 4) is 0 Å². The minimum absolute atomic E-state index is 0.0517. The van der Waals surface area contributed by atoms with Gasteiger partial charge in [-0.3, -0.25) is 8.87 Å². The molecule has 2 heterocycles. The van der Waals surface area contributed by atoms with E-state index >= 15 is 0 Å². The Morgan fingerprint density at radius 2 is 1.89 bits per heavy atom. The molecule has 0 saturated carbocycles. The fourth-order valence-corrected chi connectivity index (χ4v) is 4.48. The van der Waals surface area contributed by atoms with Crippen LogP contribution in [0.1, 0.15) is 18.1 Å². The first-order valence-corrected chi connectivity index (χ1v) is 13.6. The molecular weight excluding hydrogens is 520 g/mol. The van der Waals surface area contributed by atoms with Crippen LogP contribution in [0.5, 0.6) is 0 Å². The van der Waals surface area contributed by atoms with Crippen molar-refractivity contribution in [2.45, 2.75) is 19.6 Å². The van der Waals surface area contributed by atoms with Crippen LogP contribution < -0.4 is 20.2 Å². The fraction of sp³-hybridized carbons (Fsp3) is 0.286. The highest BCUT2D eigenvalue weighted by molar-refractivity contribution is 7.85. The molecule has 0 spiro atoms. The summed E-state index contributed by atoms with van der Waals surface area (Å²) < 4.78 is 71.0. The van der Waals surface area contributed by atoms with E-state index < -0.39 is 36.1 Å². The second kappa shape index (κ2) is 11.3. The third-order valence-corrected chi connectivity index (χ3v) is 7.35. The van der Waals surface area contributed by atoms with Crippen LogP contribution in [-0.2, 0) is 32.8 Å². The first kappa shape index (κ1) is 27.5. The SMILES string of the molecule is CCOP(=O)(O)c1ccc(Nc2ncc(C(F)(F)F)c(NCc3cccnc3N(C)S(C)=O)n2)cc1. The molecule has 10 nitrogen and oxygen atoms in total. The molecule has 0 bridgehead atoms. The molecule has 0 aliphatic carbocycles. The predicted molar refractivity (Wildman–Crippen MR) is 132 cm³/mol. The van der Waals surface area contributed by atoms with Gasteiger partial charge in [-0.05, 0) is 37.3 Å². The Labute approximate surface area is 208 Å². The predicted octanol–water partition coefficient (Wildman–Crippen LogP) is 3.82. The number of benzene rings is 1. The monoisotopic (exact) mass is 544 g/mol. The van der Waals surface area contributed by atoms with Gasteiger partial charge in [0.1, 0.15) is 28.2 Å². The minimum atomic E-state index is -4.72. The molecule has 0 saturated heterocycles. The Morgan fingerprint density at radius 1 is 1.19 bits per heavy atom. The lowest BCUT2D eigenvalue weighted by molar-refractivity contribution is -0.137. The first-order chi connectivity index (χ1) is 16.9. The summed E-state index contributed by atoms with van der Waals surface area (Å²) in [5.74, 6) is -0.253. The van der Waals surface area contributed by atoms with E-state index in [4.69, 9.17) is 4.52 Å². The summed E-state index contributed by atoms with van der Waals surface area (Å²) in [6.45, 7) is 1.56. The van der Waals surface area contributed by atoms with Crippen molar-refractivity contribution in [3.63, 3.8) is 0 Å². The maximum Gasteiger partial charge on any atom is 0.421 e. The second-order valence-electron chi connectivity index (χ2n) is 7.32. The Bertz CT molecular complexity index is 1280. The van der Waals surface area contributed by atoms with Gasteiger partial charge in [-0.25, -0.2) is 14.2 Å². The van der Waals surface area contributed by atoms with Gasteiger partial charge in [0.05, 0.1) is 11.9 Å². The maximum absolute atomic E-state index is 13.6. The molecule has 3 rings (SSSR count). The molecule has 2 atom stereocenters. The Kier molecular flexibility index (Phi) is 8.67. The van der Waals surface area contributed by atoms with Gasteiger partial charge < -0.3 is 20.1 Å². The van der Waals surface area contributed by atoms with Gasteiger partial charge in [0.25, 0.3) is 0 Å². The third-order valence-electron chi connectivity index (χ3n) is 4.85. The zero-order valence-electron chi connectivity index (χ0n) is 19.5. The molecule has 2 aromatic heterocycles. The molecule has 0 amide bonds. The topological polar surface area (TPSA) is 130 Å². The van der Waals surface area contributed by atoms with Gasteiger partial charge in [0, 0.05) is 43.5 Å². The lowest BCUT2D eigenvalue weighted by atomic mass is 10.2. The normalized spacial score (nSPS) is 14.1. The maximum atomic E-state index is 13.6. The molecule has 2 unspecified atom stereocenters. The summed E-state index contributed by atoms with van der Waals surface area (Å²) in [7, 11) is -3.78. The molecule has 3 N–H and O–H groups in total. The largest absolute Gasteiger partial charge is 0.421 e. The average molecular weight is 544 g/mol. The molecule has 3 aromatic rings. The third kappa shape index (κ3) is 6.78. The van der Waals surface area contributed by atoms with Crippen LogP contribution in [0.25, 0.3) is 0 Å². The van der Waals surface area contributed by atoms with Gasteiger partial charge in [0.2, 0.25) is 5.95 Å². The van der Waals surface area contributed by atoms with Gasteiger partial charge in [-0.15, -0.1) is 0 Å². The molecular formula is C21H24F3N6O4PS. The summed E-state index contributed by atoms with van der Waals surface area (Å²) in [5, 5.41) is 5.52. The lowest BCUT2D eigenvalue weighted by Crippen LogP contribution is -2.22. The number of hydrogen-bond donors (Lipinski definition) is 3. The molecule has 36 heavy (non-hydrogen) atoms. The summed E-state index contributed by atoms with van der Waals surface area (Å²) in [4.78, 5) is 21.8. The van der Waals surface area contributed by atoms with E-state index in [2.05, 4.69) is 25.6 Å². The lowest BCUT2D eigenvalue weighted by Gasteiger charge is -2.19. The molecule has 0 fully saturated rings. The summed E-state index contributed by atoms with van der Waals surface area (Å²) >= 11 is 0. The number of pyridine rings is 1. The molecule has 194 valence electrons. The minimum Gasteiger partial charge on any atom is -0.365 e. The Morgan fingerprint density at radius 3 is 2.50 bits per heavy atom. The van der Waals surface area contributed by atoms with Crippen molar-refractivity contribution in [1.29, 1.82) is 0 Å². The molecule has 0 radical (unpaired) electrons. The highest BCUT2D eigenvalue weighted by Crippen LogP contribution is 2.40. The average Bonchev–Trinajstić information content (AvgIpc) is 2.82. The number of hydrogen-bond acceptors (Lipinski definition) is 8. The van der Waals surface area contributed by atoms with Crippen molar-refractivity contribution >= 4 is 47.2 Å². The standard InChI is InChI=1S/C21H24F3N6O4PS/c1-4-34-35(31,32)16-9-7-15(8-10-16)28-20-27-13-17(21(22,23)24)18(29-20)26-12-14-6-5-11-25-19(14)30(2)36(3)33/h5-11,13H,4,12H2,1-3H3,(H,31,32)(H2,26,27,28,29). The summed E-state index contributed by atoms with van der Waals surface area (Å²) in [6.07, 6.45) is -1.12. The smallest absolute Gasteiger partial charge is 0.365 e. The highest BCUT2D eigenvalue weighted by atomic mass is 32.2. The van der Waals surface area contributed by atoms with Crippen LogP contribution in [0, 0.1) is 0 Å². The van der Waals surface area contributed by atoms with Crippen molar-refractivity contribution in [2.75, 3.05) is 34.8 Å². The van der Waals surface area contributed by atoms with Gasteiger partial charge in [-0.1, -0.05) is 6.07 Å². The van der Waals surface area contributed by atoms with Crippen LogP contribution in [-0.4, -0.2) is 44.0 Å². The van der Waals surface area contributed by atoms with Gasteiger partial charge in [0.15, 0.2) is 0 Å².